The summed E-state index contributed by atoms with van der Waals surface area (Å²) in [5.41, 5.74) is 1.77. The van der Waals surface area contributed by atoms with Crippen molar-refractivity contribution in [2.45, 2.75) is 0 Å². The summed E-state index contributed by atoms with van der Waals surface area (Å²) in [5.74, 6) is 0.480. The summed E-state index contributed by atoms with van der Waals surface area (Å²) in [4.78, 5) is 29.0. The second-order valence-electron chi connectivity index (χ2n) is 6.33. The molecule has 0 unspecified atom stereocenters. The molecule has 1 aliphatic rings. The standard InChI is InChI=1S/C21H24N2O5/c1-26-17-9-6-10-18(27-2)19(17)20(24)23-13-11-22(12-14-23)16-8-5-4-7-15(16)21(25)28-3/h4-10H,11-14H2,1-3H3. The van der Waals surface area contributed by atoms with E-state index in [1.807, 2.05) is 18.2 Å². The summed E-state index contributed by atoms with van der Waals surface area (Å²) in [6, 6.07) is 12.6. The van der Waals surface area contributed by atoms with E-state index in [1.165, 1.54) is 21.3 Å². The summed E-state index contributed by atoms with van der Waals surface area (Å²) in [6.45, 7) is 2.26. The van der Waals surface area contributed by atoms with Crippen molar-refractivity contribution in [3.63, 3.8) is 0 Å². The maximum atomic E-state index is 13.1. The Morgan fingerprint density at radius 2 is 1.43 bits per heavy atom. The molecule has 1 aliphatic heterocycles. The van der Waals surface area contributed by atoms with Crippen molar-refractivity contribution in [3.05, 3.63) is 53.6 Å². The molecule has 3 rings (SSSR count). The summed E-state index contributed by atoms with van der Waals surface area (Å²) < 4.78 is 15.6. The van der Waals surface area contributed by atoms with E-state index in [9.17, 15) is 9.59 Å². The number of carbonyl (C=O) groups is 2. The first-order valence-corrected chi connectivity index (χ1v) is 9.03. The highest BCUT2D eigenvalue weighted by atomic mass is 16.5. The average Bonchev–Trinajstić information content (AvgIpc) is 2.77. The Balaban J connectivity index is 1.77. The van der Waals surface area contributed by atoms with E-state index in [4.69, 9.17) is 14.2 Å². The SMILES string of the molecule is COC(=O)c1ccccc1N1CCN(C(=O)c2c(OC)cccc2OC)CC1. The van der Waals surface area contributed by atoms with Gasteiger partial charge in [-0.3, -0.25) is 4.79 Å². The van der Waals surface area contributed by atoms with Crippen molar-refractivity contribution in [2.75, 3.05) is 52.4 Å². The lowest BCUT2D eigenvalue weighted by Gasteiger charge is -2.37. The zero-order chi connectivity index (χ0) is 20.1. The van der Waals surface area contributed by atoms with Crippen LogP contribution in [0, 0.1) is 0 Å². The number of methoxy groups -OCH3 is 3. The Morgan fingerprint density at radius 3 is 2.00 bits per heavy atom. The molecule has 0 saturated carbocycles. The largest absolute Gasteiger partial charge is 0.496 e. The maximum absolute atomic E-state index is 13.1. The minimum absolute atomic E-state index is 0.129. The van der Waals surface area contributed by atoms with Crippen LogP contribution in [0.3, 0.4) is 0 Å². The van der Waals surface area contributed by atoms with Gasteiger partial charge in [-0.25, -0.2) is 4.79 Å². The number of esters is 1. The third-order valence-corrected chi connectivity index (χ3v) is 4.86. The van der Waals surface area contributed by atoms with Gasteiger partial charge in [0.2, 0.25) is 0 Å². The third kappa shape index (κ3) is 3.74. The Morgan fingerprint density at radius 1 is 0.821 bits per heavy atom. The van der Waals surface area contributed by atoms with Crippen LogP contribution in [-0.2, 0) is 4.74 Å². The molecular weight excluding hydrogens is 360 g/mol. The molecule has 0 spiro atoms. The lowest BCUT2D eigenvalue weighted by molar-refractivity contribution is 0.0599. The van der Waals surface area contributed by atoms with Crippen LogP contribution in [0.25, 0.3) is 0 Å². The molecule has 148 valence electrons. The fourth-order valence-electron chi connectivity index (χ4n) is 3.40. The quantitative estimate of drug-likeness (QED) is 0.738. The van der Waals surface area contributed by atoms with E-state index in [0.717, 1.165) is 5.69 Å². The van der Waals surface area contributed by atoms with Gasteiger partial charge in [-0.15, -0.1) is 0 Å². The minimum Gasteiger partial charge on any atom is -0.496 e. The number of hydrogen-bond donors (Lipinski definition) is 0. The molecule has 7 heteroatoms. The van der Waals surface area contributed by atoms with E-state index >= 15 is 0 Å². The number of hydrogen-bond acceptors (Lipinski definition) is 6. The lowest BCUT2D eigenvalue weighted by Crippen LogP contribution is -2.49. The number of carbonyl (C=O) groups excluding carboxylic acids is 2. The van der Waals surface area contributed by atoms with Crippen LogP contribution in [0.15, 0.2) is 42.5 Å². The van der Waals surface area contributed by atoms with Gasteiger partial charge < -0.3 is 24.0 Å². The van der Waals surface area contributed by atoms with E-state index in [-0.39, 0.29) is 11.9 Å². The zero-order valence-corrected chi connectivity index (χ0v) is 16.3. The van der Waals surface area contributed by atoms with Crippen LogP contribution in [0.1, 0.15) is 20.7 Å². The molecule has 0 radical (unpaired) electrons. The second-order valence-corrected chi connectivity index (χ2v) is 6.33. The van der Waals surface area contributed by atoms with Crippen LogP contribution in [0.2, 0.25) is 0 Å². The normalized spacial score (nSPS) is 13.8. The Bertz CT molecular complexity index is 837. The van der Waals surface area contributed by atoms with E-state index < -0.39 is 0 Å². The van der Waals surface area contributed by atoms with Gasteiger partial charge in [0.15, 0.2) is 0 Å². The van der Waals surface area contributed by atoms with Crippen molar-refractivity contribution < 1.29 is 23.8 Å². The van der Waals surface area contributed by atoms with Crippen molar-refractivity contribution in [2.24, 2.45) is 0 Å². The summed E-state index contributed by atoms with van der Waals surface area (Å²) in [7, 11) is 4.44. The van der Waals surface area contributed by atoms with Gasteiger partial charge in [0.25, 0.3) is 5.91 Å². The van der Waals surface area contributed by atoms with Crippen molar-refractivity contribution in [1.29, 1.82) is 0 Å². The van der Waals surface area contributed by atoms with Gasteiger partial charge in [0, 0.05) is 26.2 Å². The summed E-state index contributed by atoms with van der Waals surface area (Å²) in [6.07, 6.45) is 0. The molecular formula is C21H24N2O5. The number of para-hydroxylation sites is 1. The van der Waals surface area contributed by atoms with Crippen LogP contribution >= 0.6 is 0 Å². The van der Waals surface area contributed by atoms with E-state index in [2.05, 4.69) is 4.90 Å². The predicted molar refractivity (Wildman–Crippen MR) is 105 cm³/mol. The first-order chi connectivity index (χ1) is 13.6. The molecule has 1 heterocycles. The van der Waals surface area contributed by atoms with Gasteiger partial charge in [0.05, 0.1) is 32.6 Å². The van der Waals surface area contributed by atoms with Gasteiger partial charge in [-0.05, 0) is 24.3 Å². The topological polar surface area (TPSA) is 68.3 Å². The molecule has 2 aromatic carbocycles. The monoisotopic (exact) mass is 384 g/mol. The fraction of sp³-hybridized carbons (Fsp3) is 0.333. The van der Waals surface area contributed by atoms with Crippen LogP contribution < -0.4 is 14.4 Å². The molecule has 0 aromatic heterocycles. The van der Waals surface area contributed by atoms with Crippen LogP contribution in [0.5, 0.6) is 11.5 Å². The highest BCUT2D eigenvalue weighted by Crippen LogP contribution is 2.30. The number of benzene rings is 2. The minimum atomic E-state index is -0.368. The highest BCUT2D eigenvalue weighted by molar-refractivity contribution is 6.00. The molecule has 0 bridgehead atoms. The van der Waals surface area contributed by atoms with E-state index in [1.54, 1.807) is 29.2 Å². The summed E-state index contributed by atoms with van der Waals surface area (Å²) in [5, 5.41) is 0. The molecule has 0 aliphatic carbocycles. The smallest absolute Gasteiger partial charge is 0.339 e. The number of nitrogens with zero attached hydrogens (tertiary/aromatic N) is 2. The van der Waals surface area contributed by atoms with Gasteiger partial charge in [-0.1, -0.05) is 18.2 Å². The molecule has 0 atom stereocenters. The Hall–Kier alpha value is -3.22. The van der Waals surface area contributed by atoms with E-state index in [0.29, 0.717) is 48.8 Å². The molecule has 2 aromatic rings. The number of rotatable bonds is 5. The van der Waals surface area contributed by atoms with Gasteiger partial charge >= 0.3 is 5.97 Å². The Labute approximate surface area is 164 Å². The number of ether oxygens (including phenoxy) is 3. The van der Waals surface area contributed by atoms with Crippen LogP contribution in [0.4, 0.5) is 5.69 Å². The molecule has 1 amide bonds. The zero-order valence-electron chi connectivity index (χ0n) is 16.3. The molecule has 7 nitrogen and oxygen atoms in total. The van der Waals surface area contributed by atoms with Gasteiger partial charge in [-0.2, -0.15) is 0 Å². The lowest BCUT2D eigenvalue weighted by atomic mass is 10.1. The first kappa shape index (κ1) is 19.5. The molecule has 28 heavy (non-hydrogen) atoms. The first-order valence-electron chi connectivity index (χ1n) is 9.03. The number of anilines is 1. The van der Waals surface area contributed by atoms with Crippen molar-refractivity contribution >= 4 is 17.6 Å². The highest BCUT2D eigenvalue weighted by Gasteiger charge is 2.28. The van der Waals surface area contributed by atoms with Crippen LogP contribution in [-0.4, -0.2) is 64.3 Å². The van der Waals surface area contributed by atoms with Crippen molar-refractivity contribution in [3.8, 4) is 11.5 Å². The third-order valence-electron chi connectivity index (χ3n) is 4.86. The molecule has 0 N–H and O–H groups in total. The Kier molecular flexibility index (Phi) is 6.03. The molecule has 1 saturated heterocycles. The average molecular weight is 384 g/mol. The van der Waals surface area contributed by atoms with Gasteiger partial charge in [0.1, 0.15) is 17.1 Å². The van der Waals surface area contributed by atoms with Crippen molar-refractivity contribution in [1.82, 2.24) is 4.90 Å². The number of piperazine rings is 1. The molecule has 1 fully saturated rings. The predicted octanol–water partition coefficient (Wildman–Crippen LogP) is 2.45. The number of amides is 1. The summed E-state index contributed by atoms with van der Waals surface area (Å²) >= 11 is 0. The second kappa shape index (κ2) is 8.65. The maximum Gasteiger partial charge on any atom is 0.339 e. The fourth-order valence-corrected chi connectivity index (χ4v) is 3.40.